The van der Waals surface area contributed by atoms with Crippen LogP contribution < -0.4 is 0 Å². The third-order valence-electron chi connectivity index (χ3n) is 2.63. The van der Waals surface area contributed by atoms with Crippen LogP contribution >= 0.6 is 0 Å². The van der Waals surface area contributed by atoms with Gasteiger partial charge in [0.1, 0.15) is 5.78 Å². The maximum absolute atomic E-state index is 11.7. The van der Waals surface area contributed by atoms with Gasteiger partial charge in [0.05, 0.1) is 12.1 Å². The number of rotatable bonds is 4. The Morgan fingerprint density at radius 3 is 2.27 bits per heavy atom. The van der Waals surface area contributed by atoms with E-state index in [9.17, 15) is 9.59 Å². The third-order valence-corrected chi connectivity index (χ3v) is 2.63. The van der Waals surface area contributed by atoms with Gasteiger partial charge in [0, 0.05) is 5.69 Å². The van der Waals surface area contributed by atoms with Crippen molar-refractivity contribution >= 4 is 11.6 Å². The number of hydrogen-bond acceptors (Lipinski definition) is 2. The Morgan fingerprint density at radius 2 is 1.87 bits per heavy atom. The molecule has 3 nitrogen and oxygen atoms in total. The molecule has 1 heterocycles. The van der Waals surface area contributed by atoms with Crippen molar-refractivity contribution in [2.24, 2.45) is 0 Å². The fraction of sp³-hybridized carbons (Fsp3) is 0.500. The second-order valence-corrected chi connectivity index (χ2v) is 3.88. The van der Waals surface area contributed by atoms with Crippen LogP contribution in [-0.2, 0) is 11.2 Å². The van der Waals surface area contributed by atoms with Gasteiger partial charge in [0.15, 0.2) is 5.78 Å². The molecule has 0 fully saturated rings. The van der Waals surface area contributed by atoms with Gasteiger partial charge in [0.2, 0.25) is 0 Å². The Balaban J connectivity index is 3.05. The summed E-state index contributed by atoms with van der Waals surface area (Å²) < 4.78 is 0. The molecule has 0 aliphatic heterocycles. The van der Waals surface area contributed by atoms with E-state index in [2.05, 4.69) is 11.9 Å². The highest BCUT2D eigenvalue weighted by atomic mass is 16.1. The molecule has 0 amide bonds. The largest absolute Gasteiger partial charge is 0.356 e. The molecule has 15 heavy (non-hydrogen) atoms. The summed E-state index contributed by atoms with van der Waals surface area (Å²) >= 11 is 0. The van der Waals surface area contributed by atoms with E-state index >= 15 is 0 Å². The average molecular weight is 207 g/mol. The highest BCUT2D eigenvalue weighted by molar-refractivity contribution is 6.07. The molecule has 0 aromatic carbocycles. The molecule has 0 saturated carbocycles. The molecule has 0 saturated heterocycles. The van der Waals surface area contributed by atoms with Crippen LogP contribution in [0.25, 0.3) is 0 Å². The molecule has 1 rings (SSSR count). The molecule has 82 valence electrons. The fourth-order valence-electron chi connectivity index (χ4n) is 1.91. The van der Waals surface area contributed by atoms with Gasteiger partial charge in [0.25, 0.3) is 0 Å². The molecule has 3 heteroatoms. The lowest BCUT2D eigenvalue weighted by Gasteiger charge is -1.98. The second-order valence-electron chi connectivity index (χ2n) is 3.88. The summed E-state index contributed by atoms with van der Waals surface area (Å²) in [4.78, 5) is 25.6. The first-order valence-electron chi connectivity index (χ1n) is 5.18. The number of nitrogens with one attached hydrogen (secondary N) is 1. The van der Waals surface area contributed by atoms with Gasteiger partial charge in [-0.15, -0.1) is 0 Å². The van der Waals surface area contributed by atoms with Gasteiger partial charge in [-0.2, -0.15) is 0 Å². The summed E-state index contributed by atoms with van der Waals surface area (Å²) in [7, 11) is 0. The first-order chi connectivity index (χ1) is 6.97. The Morgan fingerprint density at radius 1 is 1.27 bits per heavy atom. The quantitative estimate of drug-likeness (QED) is 0.608. The van der Waals surface area contributed by atoms with Crippen molar-refractivity contribution in [1.82, 2.24) is 4.98 Å². The number of carbonyl (C=O) groups is 2. The highest BCUT2D eigenvalue weighted by Crippen LogP contribution is 2.19. The average Bonchev–Trinajstić information content (AvgIpc) is 2.40. The monoisotopic (exact) mass is 207 g/mol. The third kappa shape index (κ3) is 2.35. The molecule has 0 atom stereocenters. The summed E-state index contributed by atoms with van der Waals surface area (Å²) in [5, 5.41) is 0. The highest BCUT2D eigenvalue weighted by Gasteiger charge is 2.17. The van der Waals surface area contributed by atoms with E-state index in [-0.39, 0.29) is 18.0 Å². The Labute approximate surface area is 89.9 Å². The van der Waals surface area contributed by atoms with Crippen molar-refractivity contribution < 1.29 is 9.59 Å². The molecule has 0 radical (unpaired) electrons. The predicted molar refractivity (Wildman–Crippen MR) is 59.3 cm³/mol. The molecular formula is C12H17NO2. The van der Waals surface area contributed by atoms with Crippen LogP contribution in [0.2, 0.25) is 0 Å². The summed E-state index contributed by atoms with van der Waals surface area (Å²) in [5.74, 6) is -0.201. The summed E-state index contributed by atoms with van der Waals surface area (Å²) in [6, 6.07) is 0. The molecule has 0 aliphatic rings. The minimum atomic E-state index is -0.109. The summed E-state index contributed by atoms with van der Waals surface area (Å²) in [5.41, 5.74) is 3.80. The summed E-state index contributed by atoms with van der Waals surface area (Å²) in [6.07, 6.45) is 0.894. The minimum Gasteiger partial charge on any atom is -0.356 e. The zero-order chi connectivity index (χ0) is 11.6. The van der Waals surface area contributed by atoms with E-state index < -0.39 is 0 Å². The number of aryl methyl sites for hydroxylation is 1. The van der Waals surface area contributed by atoms with Crippen LogP contribution in [0, 0.1) is 13.8 Å². The van der Waals surface area contributed by atoms with Gasteiger partial charge < -0.3 is 4.98 Å². The molecule has 1 N–H and O–H groups in total. The molecule has 1 aromatic heterocycles. The number of H-pyrrole nitrogens is 1. The fourth-order valence-corrected chi connectivity index (χ4v) is 1.91. The number of carbonyl (C=O) groups excluding carboxylic acids is 2. The zero-order valence-electron chi connectivity index (χ0n) is 9.73. The lowest BCUT2D eigenvalue weighted by Crippen LogP contribution is -2.06. The van der Waals surface area contributed by atoms with E-state index in [4.69, 9.17) is 0 Å². The smallest absolute Gasteiger partial charge is 0.186 e. The van der Waals surface area contributed by atoms with E-state index in [1.54, 1.807) is 0 Å². The minimum absolute atomic E-state index is 0.00997. The van der Waals surface area contributed by atoms with Gasteiger partial charge in [-0.3, -0.25) is 9.59 Å². The van der Waals surface area contributed by atoms with Crippen molar-refractivity contribution in [3.8, 4) is 0 Å². The number of hydrogen-bond donors (Lipinski definition) is 1. The van der Waals surface area contributed by atoms with Crippen molar-refractivity contribution in [3.05, 3.63) is 22.5 Å². The normalized spacial score (nSPS) is 10.4. The van der Waals surface area contributed by atoms with E-state index in [0.29, 0.717) is 5.69 Å². The number of ketones is 2. The molecule has 0 aliphatic carbocycles. The van der Waals surface area contributed by atoms with E-state index in [0.717, 1.165) is 17.7 Å². The van der Waals surface area contributed by atoms with Crippen LogP contribution in [0.5, 0.6) is 0 Å². The van der Waals surface area contributed by atoms with E-state index in [1.165, 1.54) is 12.5 Å². The Bertz CT molecular complexity index is 402. The van der Waals surface area contributed by atoms with Crippen LogP contribution in [0.4, 0.5) is 0 Å². The lowest BCUT2D eigenvalue weighted by molar-refractivity contribution is -0.116. The molecule has 0 bridgehead atoms. The van der Waals surface area contributed by atoms with Crippen LogP contribution in [0.1, 0.15) is 47.6 Å². The van der Waals surface area contributed by atoms with Crippen LogP contribution in [-0.4, -0.2) is 16.6 Å². The zero-order valence-corrected chi connectivity index (χ0v) is 9.73. The SMILES string of the molecule is CCc1c(C)[nH]c(C(=O)CC(C)=O)c1C. The topological polar surface area (TPSA) is 49.9 Å². The maximum atomic E-state index is 11.7. The molecular weight excluding hydrogens is 190 g/mol. The molecule has 0 unspecified atom stereocenters. The summed E-state index contributed by atoms with van der Waals surface area (Å²) in [6.45, 7) is 7.37. The standard InChI is InChI=1S/C12H17NO2/c1-5-10-8(3)12(13-9(10)4)11(15)6-7(2)14/h13H,5-6H2,1-4H3. The Hall–Kier alpha value is -1.38. The number of aromatic nitrogens is 1. The van der Waals surface area contributed by atoms with Gasteiger partial charge in [-0.05, 0) is 38.3 Å². The first-order valence-corrected chi connectivity index (χ1v) is 5.18. The molecule has 1 aromatic rings. The maximum Gasteiger partial charge on any atom is 0.186 e. The number of aromatic amines is 1. The lowest BCUT2D eigenvalue weighted by atomic mass is 10.0. The van der Waals surface area contributed by atoms with Crippen molar-refractivity contribution in [1.29, 1.82) is 0 Å². The number of Topliss-reactive ketones (excluding diaryl/α,β-unsaturated/α-hetero) is 2. The van der Waals surface area contributed by atoms with E-state index in [1.807, 2.05) is 13.8 Å². The van der Waals surface area contributed by atoms with Gasteiger partial charge >= 0.3 is 0 Å². The first kappa shape index (κ1) is 11.7. The second kappa shape index (κ2) is 4.43. The van der Waals surface area contributed by atoms with Gasteiger partial charge in [-0.25, -0.2) is 0 Å². The molecule has 0 spiro atoms. The Kier molecular flexibility index (Phi) is 3.45. The van der Waals surface area contributed by atoms with Crippen LogP contribution in [0.15, 0.2) is 0 Å². The van der Waals surface area contributed by atoms with Crippen molar-refractivity contribution in [2.45, 2.75) is 40.5 Å². The van der Waals surface area contributed by atoms with Crippen molar-refractivity contribution in [3.63, 3.8) is 0 Å². The predicted octanol–water partition coefficient (Wildman–Crippen LogP) is 2.36. The van der Waals surface area contributed by atoms with Crippen LogP contribution in [0.3, 0.4) is 0 Å². The van der Waals surface area contributed by atoms with Crippen molar-refractivity contribution in [2.75, 3.05) is 0 Å². The van der Waals surface area contributed by atoms with Gasteiger partial charge in [-0.1, -0.05) is 6.92 Å².